The number of nitrogens with zero attached hydrogens (tertiary/aromatic N) is 5. The highest BCUT2D eigenvalue weighted by Crippen LogP contribution is 2.52. The molecular formula is C32H32N6O4S. The first-order valence-corrected chi connectivity index (χ1v) is 16.0. The number of piperidine rings is 1. The number of carbonyl (C=O) groups excluding carboxylic acids is 2. The lowest BCUT2D eigenvalue weighted by Crippen LogP contribution is -2.51. The normalized spacial score (nSPS) is 23.5. The first kappa shape index (κ1) is 28.7. The number of hydrogen-bond acceptors (Lipinski definition) is 8. The maximum Gasteiger partial charge on any atom is 0.254 e. The van der Waals surface area contributed by atoms with E-state index in [0.29, 0.717) is 49.3 Å². The summed E-state index contributed by atoms with van der Waals surface area (Å²) in [7, 11) is -3.34. The van der Waals surface area contributed by atoms with Gasteiger partial charge in [0.2, 0.25) is 10.0 Å². The molecule has 43 heavy (non-hydrogen) atoms. The van der Waals surface area contributed by atoms with Crippen molar-refractivity contribution in [3.63, 3.8) is 0 Å². The molecule has 2 saturated heterocycles. The second kappa shape index (κ2) is 11.4. The summed E-state index contributed by atoms with van der Waals surface area (Å²) in [6.45, 7) is 2.57. The van der Waals surface area contributed by atoms with E-state index in [-0.39, 0.29) is 35.3 Å². The fraction of sp³-hybridized carbons (Fsp3) is 0.344. The smallest absolute Gasteiger partial charge is 0.254 e. The van der Waals surface area contributed by atoms with Crippen LogP contribution in [0.1, 0.15) is 40.4 Å². The SMILES string of the molecule is CCCS(=O)(=O)N1C[C@@H]2[C@H](C1)[C@H]2N1C(=O)C(Cc2ccncc2)(Cc2ccncc2)N/C1=C\C(=O)c1ccc(C#N)cc1. The lowest BCUT2D eigenvalue weighted by Gasteiger charge is -2.28. The minimum absolute atomic E-state index is 0.0107. The van der Waals surface area contributed by atoms with Crippen molar-refractivity contribution in [2.75, 3.05) is 18.8 Å². The van der Waals surface area contributed by atoms with Crippen molar-refractivity contribution in [3.8, 4) is 6.07 Å². The van der Waals surface area contributed by atoms with Gasteiger partial charge in [0.05, 0.1) is 17.4 Å². The van der Waals surface area contributed by atoms with Crippen molar-refractivity contribution in [2.45, 2.75) is 37.8 Å². The maximum atomic E-state index is 14.7. The third kappa shape index (κ3) is 5.56. The molecule has 2 aromatic heterocycles. The fourth-order valence-electron chi connectivity index (χ4n) is 6.47. The lowest BCUT2D eigenvalue weighted by atomic mass is 9.85. The number of nitrogens with one attached hydrogen (secondary N) is 1. The molecule has 0 unspecified atom stereocenters. The Morgan fingerprint density at radius 3 is 2.07 bits per heavy atom. The second-order valence-corrected chi connectivity index (χ2v) is 13.6. The second-order valence-electron chi connectivity index (χ2n) is 11.5. The van der Waals surface area contributed by atoms with Crippen LogP contribution in [0.4, 0.5) is 0 Å². The highest BCUT2D eigenvalue weighted by Gasteiger charge is 2.65. The van der Waals surface area contributed by atoms with Crippen molar-refractivity contribution in [1.82, 2.24) is 24.5 Å². The number of carbonyl (C=O) groups is 2. The summed E-state index contributed by atoms with van der Waals surface area (Å²) < 4.78 is 27.1. The predicted molar refractivity (Wildman–Crippen MR) is 159 cm³/mol. The number of nitriles is 1. The van der Waals surface area contributed by atoms with E-state index < -0.39 is 15.6 Å². The number of allylic oxidation sites excluding steroid dienone is 1. The minimum Gasteiger partial charge on any atom is -0.357 e. The minimum atomic E-state index is -3.34. The Morgan fingerprint density at radius 1 is 1.00 bits per heavy atom. The van der Waals surface area contributed by atoms with E-state index in [9.17, 15) is 18.0 Å². The highest BCUT2D eigenvalue weighted by atomic mass is 32.2. The number of benzene rings is 1. The molecule has 10 nitrogen and oxygen atoms in total. The molecule has 1 N–H and O–H groups in total. The van der Waals surface area contributed by atoms with Crippen LogP contribution in [-0.2, 0) is 27.7 Å². The van der Waals surface area contributed by atoms with E-state index in [0.717, 1.165) is 11.1 Å². The van der Waals surface area contributed by atoms with Crippen LogP contribution < -0.4 is 5.32 Å². The van der Waals surface area contributed by atoms with Crippen molar-refractivity contribution in [3.05, 3.63) is 107 Å². The van der Waals surface area contributed by atoms with Crippen molar-refractivity contribution < 1.29 is 18.0 Å². The number of pyridine rings is 2. The Hall–Kier alpha value is -4.40. The van der Waals surface area contributed by atoms with E-state index in [4.69, 9.17) is 5.26 Å². The van der Waals surface area contributed by atoms with Crippen LogP contribution in [-0.4, -0.2) is 69.7 Å². The molecule has 4 heterocycles. The van der Waals surface area contributed by atoms with Crippen LogP contribution in [0.15, 0.2) is 85.2 Å². The van der Waals surface area contributed by atoms with Crippen molar-refractivity contribution >= 4 is 21.7 Å². The van der Waals surface area contributed by atoms with Crippen molar-refractivity contribution in [1.29, 1.82) is 5.26 Å². The number of amides is 1. The third-order valence-corrected chi connectivity index (χ3v) is 10.6. The van der Waals surface area contributed by atoms with Crippen LogP contribution in [0.5, 0.6) is 0 Å². The van der Waals surface area contributed by atoms with Gasteiger partial charge in [-0.15, -0.1) is 0 Å². The van der Waals surface area contributed by atoms with Crippen LogP contribution in [0, 0.1) is 23.2 Å². The summed E-state index contributed by atoms with van der Waals surface area (Å²) in [6, 6.07) is 15.7. The molecule has 3 aromatic rings. The van der Waals surface area contributed by atoms with Gasteiger partial charge in [0, 0.05) is 80.2 Å². The summed E-state index contributed by atoms with van der Waals surface area (Å²) in [5.41, 5.74) is 1.58. The topological polar surface area (TPSA) is 136 Å². The number of ketones is 1. The number of aromatic nitrogens is 2. The Labute approximate surface area is 251 Å². The average Bonchev–Trinajstić information content (AvgIpc) is 3.34. The standard InChI is InChI=1S/C32H32N6O4S/c1-2-15-43(41,42)37-20-26-27(21-37)30(26)38-29(16-28(39)25-5-3-24(19-33)4-6-25)36-32(31(38)40,17-22-7-11-34-12-8-22)18-23-9-13-35-14-10-23/h3-14,16,26-27,30,36H,2,15,17-18,20-21H2,1H3/b29-16+/t26-,27+,30+. The van der Waals surface area contributed by atoms with E-state index in [1.54, 1.807) is 58.3 Å². The summed E-state index contributed by atoms with van der Waals surface area (Å²) >= 11 is 0. The largest absolute Gasteiger partial charge is 0.357 e. The van der Waals surface area contributed by atoms with Gasteiger partial charge in [0.15, 0.2) is 5.78 Å². The fourth-order valence-corrected chi connectivity index (χ4v) is 8.04. The summed E-state index contributed by atoms with van der Waals surface area (Å²) in [6.07, 6.45) is 9.47. The van der Waals surface area contributed by atoms with Gasteiger partial charge < -0.3 is 5.32 Å². The lowest BCUT2D eigenvalue weighted by molar-refractivity contribution is -0.132. The quantitative estimate of drug-likeness (QED) is 0.279. The first-order chi connectivity index (χ1) is 20.7. The predicted octanol–water partition coefficient (Wildman–Crippen LogP) is 2.70. The molecule has 220 valence electrons. The molecule has 11 heteroatoms. The molecule has 2 aliphatic heterocycles. The van der Waals surface area contributed by atoms with E-state index in [1.807, 2.05) is 31.2 Å². The highest BCUT2D eigenvalue weighted by molar-refractivity contribution is 7.89. The monoisotopic (exact) mass is 596 g/mol. The van der Waals surface area contributed by atoms with Crippen LogP contribution in [0.2, 0.25) is 0 Å². The van der Waals surface area contributed by atoms with E-state index >= 15 is 0 Å². The van der Waals surface area contributed by atoms with E-state index in [1.165, 1.54) is 6.08 Å². The zero-order chi connectivity index (χ0) is 30.2. The number of sulfonamides is 1. The molecule has 1 saturated carbocycles. The van der Waals surface area contributed by atoms with Crippen LogP contribution in [0.3, 0.4) is 0 Å². The van der Waals surface area contributed by atoms with Crippen LogP contribution in [0.25, 0.3) is 0 Å². The molecule has 1 amide bonds. The van der Waals surface area contributed by atoms with Gasteiger partial charge in [-0.1, -0.05) is 6.92 Å². The summed E-state index contributed by atoms with van der Waals surface area (Å²) in [5.74, 6) is 0.0393. The Bertz CT molecular complexity index is 1650. The van der Waals surface area contributed by atoms with Gasteiger partial charge >= 0.3 is 0 Å². The Kier molecular flexibility index (Phi) is 7.58. The zero-order valence-corrected chi connectivity index (χ0v) is 24.6. The van der Waals surface area contributed by atoms with Gasteiger partial charge in [-0.3, -0.25) is 24.5 Å². The summed E-state index contributed by atoms with van der Waals surface area (Å²) in [4.78, 5) is 38.1. The van der Waals surface area contributed by atoms with Crippen LogP contribution >= 0.6 is 0 Å². The molecule has 3 atom stereocenters. The molecule has 0 spiro atoms. The number of fused-ring (bicyclic) bond motifs is 1. The molecule has 1 aromatic carbocycles. The van der Waals surface area contributed by atoms with Gasteiger partial charge in [-0.25, -0.2) is 12.7 Å². The van der Waals surface area contributed by atoms with E-state index in [2.05, 4.69) is 21.4 Å². The average molecular weight is 597 g/mol. The van der Waals surface area contributed by atoms with Gasteiger partial charge in [0.1, 0.15) is 11.4 Å². The maximum absolute atomic E-state index is 14.7. The molecule has 0 bridgehead atoms. The zero-order valence-electron chi connectivity index (χ0n) is 23.8. The van der Waals surface area contributed by atoms with Gasteiger partial charge in [-0.05, 0) is 66.1 Å². The Morgan fingerprint density at radius 2 is 1.56 bits per heavy atom. The molecule has 3 fully saturated rings. The number of rotatable bonds is 10. The molecule has 3 aliphatic rings. The molecule has 1 aliphatic carbocycles. The summed E-state index contributed by atoms with van der Waals surface area (Å²) in [5, 5.41) is 12.6. The molecule has 0 radical (unpaired) electrons. The Balaban J connectivity index is 1.37. The van der Waals surface area contributed by atoms with Gasteiger partial charge in [0.25, 0.3) is 5.91 Å². The molecular weight excluding hydrogens is 564 g/mol. The van der Waals surface area contributed by atoms with Crippen molar-refractivity contribution in [2.24, 2.45) is 11.8 Å². The molecule has 6 rings (SSSR count). The van der Waals surface area contributed by atoms with Gasteiger partial charge in [-0.2, -0.15) is 5.26 Å². The first-order valence-electron chi connectivity index (χ1n) is 14.4. The number of hydrogen-bond donors (Lipinski definition) is 1. The third-order valence-electron chi connectivity index (χ3n) is 8.60.